The number of hydrogen-bond acceptors (Lipinski definition) is 5. The normalized spacial score (nSPS) is 11.7. The van der Waals surface area contributed by atoms with Gasteiger partial charge in [0.05, 0.1) is 15.5 Å². The van der Waals surface area contributed by atoms with Crippen LogP contribution >= 0.6 is 11.3 Å². The zero-order chi connectivity index (χ0) is 13.9. The van der Waals surface area contributed by atoms with Gasteiger partial charge in [0.1, 0.15) is 5.58 Å². The number of fused-ring (bicyclic) bond motifs is 3. The quantitative estimate of drug-likeness (QED) is 0.503. The number of pyridine rings is 1. The van der Waals surface area contributed by atoms with Gasteiger partial charge in [0.2, 0.25) is 11.1 Å². The highest BCUT2D eigenvalue weighted by molar-refractivity contribution is 7.16. The van der Waals surface area contributed by atoms with Crippen LogP contribution in [0.4, 0.5) is 0 Å². The van der Waals surface area contributed by atoms with Crippen LogP contribution in [0, 0.1) is 6.92 Å². The molecule has 5 nitrogen and oxygen atoms in total. The number of rotatable bonds is 0. The molecule has 0 bridgehead atoms. The van der Waals surface area contributed by atoms with Crippen LogP contribution in [-0.2, 0) is 0 Å². The van der Waals surface area contributed by atoms with Gasteiger partial charge >= 0.3 is 4.87 Å². The summed E-state index contributed by atoms with van der Waals surface area (Å²) in [7, 11) is 0. The molecule has 0 saturated carbocycles. The summed E-state index contributed by atoms with van der Waals surface area (Å²) < 4.78 is 6.33. The van der Waals surface area contributed by atoms with Crippen molar-refractivity contribution in [1.29, 1.82) is 0 Å². The van der Waals surface area contributed by atoms with Crippen LogP contribution in [0.15, 0.2) is 38.3 Å². The SMILES string of the molecule is Cc1ccc2oc3nc4[nH]c(=O)sc4cc3c(=O)c2c1. The van der Waals surface area contributed by atoms with Gasteiger partial charge in [-0.25, -0.2) is 0 Å². The molecular weight excluding hydrogens is 276 g/mol. The van der Waals surface area contributed by atoms with Crippen LogP contribution < -0.4 is 10.3 Å². The van der Waals surface area contributed by atoms with Crippen LogP contribution in [0.3, 0.4) is 0 Å². The molecule has 1 aromatic carbocycles. The first-order valence-electron chi connectivity index (χ1n) is 5.99. The van der Waals surface area contributed by atoms with Gasteiger partial charge in [0, 0.05) is 0 Å². The molecule has 0 aliphatic rings. The number of thiazole rings is 1. The van der Waals surface area contributed by atoms with E-state index in [4.69, 9.17) is 4.42 Å². The molecule has 1 N–H and O–H groups in total. The van der Waals surface area contributed by atoms with Crippen molar-refractivity contribution in [2.75, 3.05) is 0 Å². The molecule has 0 aliphatic heterocycles. The highest BCUT2D eigenvalue weighted by Crippen LogP contribution is 2.22. The molecule has 20 heavy (non-hydrogen) atoms. The summed E-state index contributed by atoms with van der Waals surface area (Å²) in [6.07, 6.45) is 0. The predicted octanol–water partition coefficient (Wildman–Crippen LogP) is 2.55. The zero-order valence-corrected chi connectivity index (χ0v) is 11.2. The lowest BCUT2D eigenvalue weighted by atomic mass is 10.1. The first kappa shape index (κ1) is 11.4. The maximum atomic E-state index is 12.5. The minimum atomic E-state index is -0.198. The zero-order valence-electron chi connectivity index (χ0n) is 10.4. The monoisotopic (exact) mass is 284 g/mol. The van der Waals surface area contributed by atoms with Gasteiger partial charge in [0.15, 0.2) is 5.65 Å². The maximum Gasteiger partial charge on any atom is 0.306 e. The van der Waals surface area contributed by atoms with Crippen molar-refractivity contribution in [2.24, 2.45) is 0 Å². The Bertz CT molecular complexity index is 1100. The summed E-state index contributed by atoms with van der Waals surface area (Å²) in [5.41, 5.74) is 2.05. The third-order valence-electron chi connectivity index (χ3n) is 3.21. The van der Waals surface area contributed by atoms with Crippen LogP contribution in [0.25, 0.3) is 32.4 Å². The Balaban J connectivity index is 2.28. The predicted molar refractivity (Wildman–Crippen MR) is 78.5 cm³/mol. The van der Waals surface area contributed by atoms with Crippen molar-refractivity contribution in [3.63, 3.8) is 0 Å². The molecule has 0 saturated heterocycles. The minimum Gasteiger partial charge on any atom is -0.437 e. The largest absolute Gasteiger partial charge is 0.437 e. The number of aromatic nitrogens is 2. The van der Waals surface area contributed by atoms with Crippen LogP contribution in [0.2, 0.25) is 0 Å². The summed E-state index contributed by atoms with van der Waals surface area (Å²) in [6.45, 7) is 1.92. The number of nitrogens with zero attached hydrogens (tertiary/aromatic N) is 1. The van der Waals surface area contributed by atoms with E-state index in [0.717, 1.165) is 16.9 Å². The smallest absolute Gasteiger partial charge is 0.306 e. The van der Waals surface area contributed by atoms with Crippen molar-refractivity contribution in [2.45, 2.75) is 6.92 Å². The fraction of sp³-hybridized carbons (Fsp3) is 0.0714. The standard InChI is InChI=1S/C14H8N2O3S/c1-6-2-3-9-7(4-6)11(17)8-5-10-12(15-13(8)19-9)16-14(18)20-10/h2-5H,1H3,(H,15,16,18). The van der Waals surface area contributed by atoms with E-state index in [1.165, 1.54) is 0 Å². The molecule has 0 atom stereocenters. The van der Waals surface area contributed by atoms with Crippen LogP contribution in [-0.4, -0.2) is 9.97 Å². The molecule has 0 fully saturated rings. The first-order chi connectivity index (χ1) is 9.61. The molecule has 3 aromatic heterocycles. The summed E-state index contributed by atoms with van der Waals surface area (Å²) in [5.74, 6) is 0. The highest BCUT2D eigenvalue weighted by atomic mass is 32.1. The Kier molecular flexibility index (Phi) is 2.14. The first-order valence-corrected chi connectivity index (χ1v) is 6.80. The van der Waals surface area contributed by atoms with Gasteiger partial charge in [0.25, 0.3) is 0 Å². The van der Waals surface area contributed by atoms with Crippen molar-refractivity contribution in [1.82, 2.24) is 9.97 Å². The van der Waals surface area contributed by atoms with E-state index in [2.05, 4.69) is 9.97 Å². The van der Waals surface area contributed by atoms with Gasteiger partial charge in [-0.2, -0.15) is 4.98 Å². The van der Waals surface area contributed by atoms with E-state index in [0.29, 0.717) is 26.7 Å². The summed E-state index contributed by atoms with van der Waals surface area (Å²) >= 11 is 1.03. The highest BCUT2D eigenvalue weighted by Gasteiger charge is 2.11. The molecule has 0 amide bonds. The number of aromatic amines is 1. The second kappa shape index (κ2) is 3.77. The fourth-order valence-electron chi connectivity index (χ4n) is 2.27. The number of aryl methyl sites for hydroxylation is 1. The average molecular weight is 284 g/mol. The van der Waals surface area contributed by atoms with Gasteiger partial charge in [-0.3, -0.25) is 14.6 Å². The van der Waals surface area contributed by atoms with Gasteiger partial charge in [-0.15, -0.1) is 0 Å². The van der Waals surface area contributed by atoms with Crippen LogP contribution in [0.1, 0.15) is 5.56 Å². The van der Waals surface area contributed by atoms with Crippen molar-refractivity contribution < 1.29 is 4.42 Å². The Labute approximate surface area is 115 Å². The van der Waals surface area contributed by atoms with E-state index < -0.39 is 0 Å². The average Bonchev–Trinajstić information content (AvgIpc) is 2.77. The topological polar surface area (TPSA) is 76.0 Å². The third-order valence-corrected chi connectivity index (χ3v) is 4.03. The number of benzene rings is 1. The fourth-order valence-corrected chi connectivity index (χ4v) is 2.99. The van der Waals surface area contributed by atoms with E-state index in [1.54, 1.807) is 18.2 Å². The lowest BCUT2D eigenvalue weighted by Gasteiger charge is -2.01. The Morgan fingerprint density at radius 1 is 1.20 bits per heavy atom. The second-order valence-corrected chi connectivity index (χ2v) is 5.65. The molecule has 98 valence electrons. The van der Waals surface area contributed by atoms with Crippen LogP contribution in [0.5, 0.6) is 0 Å². The van der Waals surface area contributed by atoms with E-state index in [-0.39, 0.29) is 16.0 Å². The number of H-pyrrole nitrogens is 1. The second-order valence-electron chi connectivity index (χ2n) is 4.63. The van der Waals surface area contributed by atoms with Gasteiger partial charge in [-0.1, -0.05) is 23.0 Å². The molecular formula is C14H8N2O3S. The Morgan fingerprint density at radius 3 is 2.90 bits per heavy atom. The van der Waals surface area contributed by atoms with Gasteiger partial charge in [-0.05, 0) is 25.1 Å². The van der Waals surface area contributed by atoms with Gasteiger partial charge < -0.3 is 4.42 Å². The van der Waals surface area contributed by atoms with Crippen molar-refractivity contribution in [3.8, 4) is 0 Å². The third kappa shape index (κ3) is 1.51. The molecule has 0 spiro atoms. The number of nitrogens with one attached hydrogen (secondary N) is 1. The minimum absolute atomic E-state index is 0.125. The summed E-state index contributed by atoms with van der Waals surface area (Å²) in [5, 5.41) is 0.924. The van der Waals surface area contributed by atoms with E-state index >= 15 is 0 Å². The summed E-state index contributed by atoms with van der Waals surface area (Å²) in [4.78, 5) is 30.5. The lowest BCUT2D eigenvalue weighted by Crippen LogP contribution is -2.03. The molecule has 4 rings (SSSR count). The summed E-state index contributed by atoms with van der Waals surface area (Å²) in [6, 6.07) is 7.09. The van der Waals surface area contributed by atoms with E-state index in [1.807, 2.05) is 13.0 Å². The molecule has 6 heteroatoms. The Hall–Kier alpha value is -2.47. The number of hydrogen-bond donors (Lipinski definition) is 1. The Morgan fingerprint density at radius 2 is 2.05 bits per heavy atom. The molecule has 4 aromatic rings. The molecule has 0 radical (unpaired) electrons. The lowest BCUT2D eigenvalue weighted by molar-refractivity contribution is 0.646. The molecule has 0 aliphatic carbocycles. The van der Waals surface area contributed by atoms with Crippen molar-refractivity contribution >= 4 is 43.8 Å². The molecule has 3 heterocycles. The molecule has 0 unspecified atom stereocenters. The van der Waals surface area contributed by atoms with E-state index in [9.17, 15) is 9.59 Å². The maximum absolute atomic E-state index is 12.5. The van der Waals surface area contributed by atoms with Crippen molar-refractivity contribution in [3.05, 3.63) is 49.7 Å².